The molecule has 19 heavy (non-hydrogen) atoms. The maximum atomic E-state index is 11.6. The van der Waals surface area contributed by atoms with Gasteiger partial charge < -0.3 is 9.47 Å². The summed E-state index contributed by atoms with van der Waals surface area (Å²) in [5, 5.41) is 0. The molecule has 0 bridgehead atoms. The molecule has 3 nitrogen and oxygen atoms in total. The van der Waals surface area contributed by atoms with Crippen molar-refractivity contribution >= 4 is 21.7 Å². The van der Waals surface area contributed by atoms with E-state index in [1.54, 1.807) is 14.2 Å². The van der Waals surface area contributed by atoms with Crippen LogP contribution in [-0.2, 0) is 11.2 Å². The number of ketones is 1. The first-order valence-electron chi connectivity index (χ1n) is 6.42. The molecule has 0 atom stereocenters. The zero-order valence-corrected chi connectivity index (χ0v) is 13.5. The van der Waals surface area contributed by atoms with Gasteiger partial charge in [0, 0.05) is 16.8 Å². The van der Waals surface area contributed by atoms with Crippen LogP contribution in [-0.4, -0.2) is 20.0 Å². The number of methoxy groups -OCH3 is 2. The van der Waals surface area contributed by atoms with E-state index in [0.29, 0.717) is 18.0 Å². The Hall–Kier alpha value is -1.03. The number of rotatable bonds is 7. The molecule has 0 saturated heterocycles. The normalized spacial score (nSPS) is 10.6. The molecule has 0 spiro atoms. The van der Waals surface area contributed by atoms with Crippen molar-refractivity contribution in [2.24, 2.45) is 5.92 Å². The highest BCUT2D eigenvalue weighted by atomic mass is 79.9. The second-order valence-electron chi connectivity index (χ2n) is 4.77. The second-order valence-corrected chi connectivity index (χ2v) is 5.63. The van der Waals surface area contributed by atoms with Gasteiger partial charge in [0.05, 0.1) is 14.2 Å². The van der Waals surface area contributed by atoms with E-state index in [9.17, 15) is 4.79 Å². The van der Waals surface area contributed by atoms with Crippen LogP contribution < -0.4 is 9.47 Å². The summed E-state index contributed by atoms with van der Waals surface area (Å²) in [5.41, 5.74) is 1.13. The van der Waals surface area contributed by atoms with Crippen molar-refractivity contribution < 1.29 is 14.3 Å². The molecule has 4 heteroatoms. The third-order valence-electron chi connectivity index (χ3n) is 3.07. The van der Waals surface area contributed by atoms with Gasteiger partial charge in [-0.2, -0.15) is 0 Å². The summed E-state index contributed by atoms with van der Waals surface area (Å²) < 4.78 is 11.5. The molecular weight excluding hydrogens is 308 g/mol. The molecule has 0 amide bonds. The van der Waals surface area contributed by atoms with Gasteiger partial charge in [-0.15, -0.1) is 0 Å². The first-order chi connectivity index (χ1) is 8.99. The fourth-order valence-corrected chi connectivity index (χ4v) is 2.35. The van der Waals surface area contributed by atoms with Crippen LogP contribution in [0.1, 0.15) is 32.3 Å². The van der Waals surface area contributed by atoms with E-state index in [4.69, 9.17) is 9.47 Å². The van der Waals surface area contributed by atoms with Crippen molar-refractivity contribution in [2.75, 3.05) is 14.2 Å². The first kappa shape index (κ1) is 16.0. The van der Waals surface area contributed by atoms with E-state index in [1.807, 2.05) is 26.0 Å². The van der Waals surface area contributed by atoms with Crippen molar-refractivity contribution in [3.63, 3.8) is 0 Å². The summed E-state index contributed by atoms with van der Waals surface area (Å²) in [7, 11) is 3.24. The number of hydrogen-bond acceptors (Lipinski definition) is 3. The summed E-state index contributed by atoms with van der Waals surface area (Å²) in [6, 6.07) is 3.86. The molecule has 0 aromatic heterocycles. The summed E-state index contributed by atoms with van der Waals surface area (Å²) in [6.07, 6.45) is 2.32. The maximum Gasteiger partial charge on any atom is 0.161 e. The van der Waals surface area contributed by atoms with Gasteiger partial charge in [0.25, 0.3) is 0 Å². The van der Waals surface area contributed by atoms with Crippen LogP contribution in [0.4, 0.5) is 0 Å². The van der Waals surface area contributed by atoms with Gasteiger partial charge >= 0.3 is 0 Å². The van der Waals surface area contributed by atoms with E-state index < -0.39 is 0 Å². The van der Waals surface area contributed by atoms with Crippen LogP contribution in [0, 0.1) is 5.92 Å². The van der Waals surface area contributed by atoms with Crippen LogP contribution in [0.3, 0.4) is 0 Å². The number of benzene rings is 1. The number of aryl methyl sites for hydroxylation is 1. The Labute approximate surface area is 123 Å². The molecule has 0 aliphatic rings. The Morgan fingerprint density at radius 3 is 2.32 bits per heavy atom. The molecule has 106 valence electrons. The average Bonchev–Trinajstić information content (AvgIpc) is 2.39. The molecule has 0 N–H and O–H groups in total. The highest BCUT2D eigenvalue weighted by Crippen LogP contribution is 2.33. The molecule has 0 fully saturated rings. The first-order valence-corrected chi connectivity index (χ1v) is 7.22. The number of hydrogen-bond donors (Lipinski definition) is 0. The number of carbonyl (C=O) groups excluding carboxylic acids is 1. The fraction of sp³-hybridized carbons (Fsp3) is 0.533. The smallest absolute Gasteiger partial charge is 0.161 e. The predicted octanol–water partition coefficient (Wildman–Crippen LogP) is 4.01. The molecule has 0 radical (unpaired) electrons. The zero-order chi connectivity index (χ0) is 14.4. The fourth-order valence-electron chi connectivity index (χ4n) is 1.83. The maximum absolute atomic E-state index is 11.6. The SMILES string of the molecule is COc1cc(Br)c(CCCC(=O)C(C)C)cc1OC. The van der Waals surface area contributed by atoms with Crippen molar-refractivity contribution in [1.82, 2.24) is 0 Å². The van der Waals surface area contributed by atoms with Gasteiger partial charge in [-0.25, -0.2) is 0 Å². The van der Waals surface area contributed by atoms with Crippen LogP contribution in [0.25, 0.3) is 0 Å². The van der Waals surface area contributed by atoms with E-state index >= 15 is 0 Å². The minimum Gasteiger partial charge on any atom is -0.493 e. The van der Waals surface area contributed by atoms with Crippen molar-refractivity contribution in [2.45, 2.75) is 33.1 Å². The van der Waals surface area contributed by atoms with Gasteiger partial charge in [-0.05, 0) is 30.5 Å². The summed E-state index contributed by atoms with van der Waals surface area (Å²) in [6.45, 7) is 3.88. The predicted molar refractivity (Wildman–Crippen MR) is 80.0 cm³/mol. The molecular formula is C15H21BrO3. The largest absolute Gasteiger partial charge is 0.493 e. The molecule has 1 aromatic carbocycles. The van der Waals surface area contributed by atoms with Crippen molar-refractivity contribution in [1.29, 1.82) is 0 Å². The molecule has 1 aromatic rings. The van der Waals surface area contributed by atoms with Crippen LogP contribution in [0.2, 0.25) is 0 Å². The highest BCUT2D eigenvalue weighted by molar-refractivity contribution is 9.10. The van der Waals surface area contributed by atoms with E-state index in [-0.39, 0.29) is 5.92 Å². The van der Waals surface area contributed by atoms with E-state index in [2.05, 4.69) is 15.9 Å². The molecule has 0 heterocycles. The lowest BCUT2D eigenvalue weighted by molar-refractivity contribution is -0.121. The Morgan fingerprint density at radius 2 is 1.79 bits per heavy atom. The molecule has 0 saturated carbocycles. The minimum atomic E-state index is 0.119. The summed E-state index contributed by atoms with van der Waals surface area (Å²) >= 11 is 3.53. The molecule has 0 aliphatic heterocycles. The zero-order valence-electron chi connectivity index (χ0n) is 12.0. The quantitative estimate of drug-likeness (QED) is 0.758. The lowest BCUT2D eigenvalue weighted by Crippen LogP contribution is -2.07. The Kier molecular flexibility index (Phi) is 6.35. The van der Waals surface area contributed by atoms with Crippen molar-refractivity contribution in [3.8, 4) is 11.5 Å². The summed E-state index contributed by atoms with van der Waals surface area (Å²) in [4.78, 5) is 11.6. The lowest BCUT2D eigenvalue weighted by atomic mass is 10.0. The van der Waals surface area contributed by atoms with Gasteiger partial charge in [-0.1, -0.05) is 29.8 Å². The van der Waals surface area contributed by atoms with Crippen molar-refractivity contribution in [3.05, 3.63) is 22.2 Å². The topological polar surface area (TPSA) is 35.5 Å². The average molecular weight is 329 g/mol. The van der Waals surface area contributed by atoms with Crippen LogP contribution in [0.5, 0.6) is 11.5 Å². The second kappa shape index (κ2) is 7.53. The third-order valence-corrected chi connectivity index (χ3v) is 3.80. The number of carbonyl (C=O) groups is 1. The third kappa shape index (κ3) is 4.53. The van der Waals surface area contributed by atoms with Crippen LogP contribution in [0.15, 0.2) is 16.6 Å². The monoisotopic (exact) mass is 328 g/mol. The number of halogens is 1. The van der Waals surface area contributed by atoms with Gasteiger partial charge in [0.15, 0.2) is 11.5 Å². The minimum absolute atomic E-state index is 0.119. The number of ether oxygens (including phenoxy) is 2. The number of Topliss-reactive ketones (excluding diaryl/α,β-unsaturated/α-hetero) is 1. The molecule has 0 aliphatic carbocycles. The van der Waals surface area contributed by atoms with Gasteiger partial charge in [-0.3, -0.25) is 4.79 Å². The van der Waals surface area contributed by atoms with Gasteiger partial charge in [0.2, 0.25) is 0 Å². The Balaban J connectivity index is 2.71. The highest BCUT2D eigenvalue weighted by Gasteiger charge is 2.11. The molecule has 0 unspecified atom stereocenters. The van der Waals surface area contributed by atoms with E-state index in [1.165, 1.54) is 0 Å². The molecule has 1 rings (SSSR count). The van der Waals surface area contributed by atoms with E-state index in [0.717, 1.165) is 28.6 Å². The lowest BCUT2D eigenvalue weighted by Gasteiger charge is -2.12. The Bertz CT molecular complexity index is 441. The standard InChI is InChI=1S/C15H21BrO3/c1-10(2)13(17)7-5-6-11-8-14(18-3)15(19-4)9-12(11)16/h8-10H,5-7H2,1-4H3. The van der Waals surface area contributed by atoms with Gasteiger partial charge in [0.1, 0.15) is 5.78 Å². The van der Waals surface area contributed by atoms with Crippen LogP contribution >= 0.6 is 15.9 Å². The summed E-state index contributed by atoms with van der Waals surface area (Å²) in [5.74, 6) is 1.86. The Morgan fingerprint density at radius 1 is 1.21 bits per heavy atom.